The third-order valence-electron chi connectivity index (χ3n) is 2.45. The molecule has 1 N–H and O–H groups in total. The predicted molar refractivity (Wildman–Crippen MR) is 66.2 cm³/mol. The fourth-order valence-electron chi connectivity index (χ4n) is 1.80. The smallest absolute Gasteiger partial charge is 0.235 e. The second-order valence-electron chi connectivity index (χ2n) is 3.73. The molecule has 0 heterocycles. The molecule has 0 aliphatic heterocycles. The fourth-order valence-corrected chi connectivity index (χ4v) is 1.80. The molecule has 3 nitrogen and oxygen atoms in total. The van der Waals surface area contributed by atoms with Gasteiger partial charge in [-0.3, -0.25) is 15.2 Å². The molecule has 0 aliphatic rings. The largest absolute Gasteiger partial charge is 0.288 e. The lowest BCUT2D eigenvalue weighted by Gasteiger charge is -2.21. The first-order valence-corrected chi connectivity index (χ1v) is 5.17. The number of carbonyl (C=O) groups excluding carboxylic acids is 1. The van der Waals surface area contributed by atoms with Crippen LogP contribution in [0, 0.1) is 0 Å². The molecular weight excluding hydrogens is 200 g/mol. The topological polar surface area (TPSA) is 32.3 Å². The maximum absolute atomic E-state index is 11.0. The van der Waals surface area contributed by atoms with Crippen LogP contribution in [0.15, 0.2) is 42.5 Å². The molecular formula is C13H14N2O. The van der Waals surface area contributed by atoms with Gasteiger partial charge in [0.05, 0.1) is 5.69 Å². The van der Waals surface area contributed by atoms with Crippen LogP contribution in [-0.4, -0.2) is 13.0 Å². The van der Waals surface area contributed by atoms with Crippen LogP contribution in [0.25, 0.3) is 10.8 Å². The van der Waals surface area contributed by atoms with E-state index in [1.807, 2.05) is 37.4 Å². The molecule has 0 atom stereocenters. The zero-order valence-corrected chi connectivity index (χ0v) is 9.40. The Balaban J connectivity index is 2.47. The Morgan fingerprint density at radius 1 is 1.12 bits per heavy atom. The van der Waals surface area contributed by atoms with Crippen LogP contribution in [0.2, 0.25) is 0 Å². The van der Waals surface area contributed by atoms with Crippen molar-refractivity contribution in [1.82, 2.24) is 5.43 Å². The van der Waals surface area contributed by atoms with Crippen LogP contribution in [0.5, 0.6) is 0 Å². The lowest BCUT2D eigenvalue weighted by Crippen LogP contribution is -2.37. The van der Waals surface area contributed by atoms with E-state index in [0.717, 1.165) is 16.5 Å². The van der Waals surface area contributed by atoms with Crippen molar-refractivity contribution in [2.45, 2.75) is 6.92 Å². The van der Waals surface area contributed by atoms with Crippen LogP contribution < -0.4 is 10.4 Å². The molecule has 2 aromatic rings. The van der Waals surface area contributed by atoms with Gasteiger partial charge in [0.25, 0.3) is 0 Å². The van der Waals surface area contributed by atoms with E-state index < -0.39 is 0 Å². The number of fused-ring (bicyclic) bond motifs is 1. The van der Waals surface area contributed by atoms with Gasteiger partial charge in [0.15, 0.2) is 0 Å². The molecule has 0 bridgehead atoms. The maximum Gasteiger partial charge on any atom is 0.235 e. The van der Waals surface area contributed by atoms with Gasteiger partial charge in [-0.05, 0) is 11.5 Å². The van der Waals surface area contributed by atoms with Crippen LogP contribution >= 0.6 is 0 Å². The number of hydrazine groups is 1. The predicted octanol–water partition coefficient (Wildman–Crippen LogP) is 2.33. The van der Waals surface area contributed by atoms with Gasteiger partial charge in [-0.25, -0.2) is 0 Å². The summed E-state index contributed by atoms with van der Waals surface area (Å²) in [6.45, 7) is 1.50. The number of rotatable bonds is 2. The molecule has 0 aromatic heterocycles. The van der Waals surface area contributed by atoms with Crippen molar-refractivity contribution < 1.29 is 4.79 Å². The first-order chi connectivity index (χ1) is 7.68. The number of hydrogen-bond acceptors (Lipinski definition) is 2. The van der Waals surface area contributed by atoms with Gasteiger partial charge in [0.1, 0.15) is 0 Å². The molecule has 2 aromatic carbocycles. The molecule has 0 fully saturated rings. The van der Waals surface area contributed by atoms with Gasteiger partial charge >= 0.3 is 0 Å². The summed E-state index contributed by atoms with van der Waals surface area (Å²) in [5.41, 5.74) is 3.74. The molecule has 0 aliphatic carbocycles. The molecule has 0 saturated carbocycles. The van der Waals surface area contributed by atoms with E-state index in [1.165, 1.54) is 6.92 Å². The summed E-state index contributed by atoms with van der Waals surface area (Å²) in [5.74, 6) is -0.0737. The molecule has 0 saturated heterocycles. The van der Waals surface area contributed by atoms with Gasteiger partial charge in [-0.15, -0.1) is 0 Å². The SMILES string of the molecule is CC(=O)NN(C)c1cccc2ccccc12. The Morgan fingerprint density at radius 2 is 1.81 bits per heavy atom. The lowest BCUT2D eigenvalue weighted by molar-refractivity contribution is -0.119. The normalized spacial score (nSPS) is 10.1. The Kier molecular flexibility index (Phi) is 2.77. The van der Waals surface area contributed by atoms with E-state index in [9.17, 15) is 4.79 Å². The van der Waals surface area contributed by atoms with Crippen molar-refractivity contribution in [1.29, 1.82) is 0 Å². The number of nitrogens with one attached hydrogen (secondary N) is 1. The summed E-state index contributed by atoms with van der Waals surface area (Å²) in [6.07, 6.45) is 0. The minimum atomic E-state index is -0.0737. The lowest BCUT2D eigenvalue weighted by atomic mass is 10.1. The van der Waals surface area contributed by atoms with E-state index in [-0.39, 0.29) is 5.91 Å². The maximum atomic E-state index is 11.0. The summed E-state index contributed by atoms with van der Waals surface area (Å²) in [5, 5.41) is 4.03. The second-order valence-corrected chi connectivity index (χ2v) is 3.73. The number of benzene rings is 2. The molecule has 1 amide bonds. The number of nitrogens with zero attached hydrogens (tertiary/aromatic N) is 1. The fraction of sp³-hybridized carbons (Fsp3) is 0.154. The standard InChI is InChI=1S/C13H14N2O/c1-10(16)14-15(2)13-9-5-7-11-6-3-4-8-12(11)13/h3-9H,1-2H3,(H,14,16). The second kappa shape index (κ2) is 4.23. The third kappa shape index (κ3) is 1.98. The van der Waals surface area contributed by atoms with Crippen molar-refractivity contribution in [3.05, 3.63) is 42.5 Å². The minimum absolute atomic E-state index is 0.0737. The first kappa shape index (κ1) is 10.5. The van der Waals surface area contributed by atoms with Crippen molar-refractivity contribution in [2.24, 2.45) is 0 Å². The molecule has 82 valence electrons. The summed E-state index contributed by atoms with van der Waals surface area (Å²) in [6, 6.07) is 14.1. The zero-order valence-electron chi connectivity index (χ0n) is 9.40. The van der Waals surface area contributed by atoms with Crippen molar-refractivity contribution in [3.8, 4) is 0 Å². The van der Waals surface area contributed by atoms with E-state index in [0.29, 0.717) is 0 Å². The molecule has 16 heavy (non-hydrogen) atoms. The van der Waals surface area contributed by atoms with Crippen molar-refractivity contribution >= 4 is 22.4 Å². The highest BCUT2D eigenvalue weighted by Crippen LogP contribution is 2.24. The number of amides is 1. The number of anilines is 1. The van der Waals surface area contributed by atoms with Gasteiger partial charge in [-0.1, -0.05) is 36.4 Å². The van der Waals surface area contributed by atoms with Gasteiger partial charge in [0.2, 0.25) is 5.91 Å². The molecule has 3 heteroatoms. The Morgan fingerprint density at radius 3 is 2.56 bits per heavy atom. The average molecular weight is 214 g/mol. The highest BCUT2D eigenvalue weighted by Gasteiger charge is 2.05. The average Bonchev–Trinajstić information content (AvgIpc) is 2.27. The number of carbonyl (C=O) groups is 1. The Labute approximate surface area is 94.6 Å². The Hall–Kier alpha value is -2.03. The van der Waals surface area contributed by atoms with Gasteiger partial charge in [-0.2, -0.15) is 0 Å². The molecule has 0 spiro atoms. The van der Waals surface area contributed by atoms with E-state index in [4.69, 9.17) is 0 Å². The molecule has 0 radical (unpaired) electrons. The van der Waals surface area contributed by atoms with Crippen LogP contribution in [-0.2, 0) is 4.79 Å². The zero-order chi connectivity index (χ0) is 11.5. The summed E-state index contributed by atoms with van der Waals surface area (Å²) in [4.78, 5) is 11.0. The van der Waals surface area contributed by atoms with Gasteiger partial charge < -0.3 is 0 Å². The van der Waals surface area contributed by atoms with Crippen molar-refractivity contribution in [2.75, 3.05) is 12.1 Å². The molecule has 2 rings (SSSR count). The van der Waals surface area contributed by atoms with E-state index in [1.54, 1.807) is 5.01 Å². The highest BCUT2D eigenvalue weighted by atomic mass is 16.2. The summed E-state index contributed by atoms with van der Waals surface area (Å²) in [7, 11) is 1.84. The van der Waals surface area contributed by atoms with Crippen LogP contribution in [0.3, 0.4) is 0 Å². The van der Waals surface area contributed by atoms with Gasteiger partial charge in [0, 0.05) is 19.4 Å². The number of hydrogen-bond donors (Lipinski definition) is 1. The molecule has 0 unspecified atom stereocenters. The van der Waals surface area contributed by atoms with Crippen LogP contribution in [0.1, 0.15) is 6.92 Å². The third-order valence-corrected chi connectivity index (χ3v) is 2.45. The summed E-state index contributed by atoms with van der Waals surface area (Å²) >= 11 is 0. The quantitative estimate of drug-likeness (QED) is 0.778. The van der Waals surface area contributed by atoms with Crippen molar-refractivity contribution in [3.63, 3.8) is 0 Å². The Bertz CT molecular complexity index is 517. The summed E-state index contributed by atoms with van der Waals surface area (Å²) < 4.78 is 0. The van der Waals surface area contributed by atoms with Crippen LogP contribution in [0.4, 0.5) is 5.69 Å². The monoisotopic (exact) mass is 214 g/mol. The first-order valence-electron chi connectivity index (χ1n) is 5.17. The van der Waals surface area contributed by atoms with E-state index >= 15 is 0 Å². The van der Waals surface area contributed by atoms with E-state index in [2.05, 4.69) is 17.6 Å². The highest BCUT2D eigenvalue weighted by molar-refractivity contribution is 5.94. The minimum Gasteiger partial charge on any atom is -0.288 e.